The lowest BCUT2D eigenvalue weighted by molar-refractivity contribution is -0.126. The number of amides is 2. The van der Waals surface area contributed by atoms with Gasteiger partial charge in [0.05, 0.1) is 29.9 Å². The van der Waals surface area contributed by atoms with Crippen molar-refractivity contribution in [3.05, 3.63) is 90.5 Å². The lowest BCUT2D eigenvalue weighted by Crippen LogP contribution is -2.40. The Balaban J connectivity index is 1.52. The van der Waals surface area contributed by atoms with Gasteiger partial charge in [0.15, 0.2) is 0 Å². The van der Waals surface area contributed by atoms with E-state index in [4.69, 9.17) is 14.9 Å². The number of rotatable bonds is 4. The average Bonchev–Trinajstić information content (AvgIpc) is 3.38. The Labute approximate surface area is 203 Å². The lowest BCUT2D eigenvalue weighted by atomic mass is 9.85. The fraction of sp³-hybridized carbons (Fsp3) is 0.214. The highest BCUT2D eigenvalue weighted by molar-refractivity contribution is 6.37. The van der Waals surface area contributed by atoms with E-state index in [0.717, 1.165) is 5.56 Å². The van der Waals surface area contributed by atoms with Crippen LogP contribution in [0.1, 0.15) is 25.3 Å². The molecule has 0 bridgehead atoms. The summed E-state index contributed by atoms with van der Waals surface area (Å²) in [5.74, 6) is -0.143. The van der Waals surface area contributed by atoms with Crippen LogP contribution in [-0.4, -0.2) is 30.3 Å². The van der Waals surface area contributed by atoms with Crippen molar-refractivity contribution in [2.45, 2.75) is 19.8 Å². The van der Waals surface area contributed by atoms with Crippen molar-refractivity contribution >= 4 is 34.6 Å². The quantitative estimate of drug-likeness (QED) is 0.566. The summed E-state index contributed by atoms with van der Waals surface area (Å²) >= 11 is 0. The van der Waals surface area contributed by atoms with Gasteiger partial charge in [0.2, 0.25) is 0 Å². The molecule has 3 aromatic rings. The fourth-order valence-corrected chi connectivity index (χ4v) is 6.02. The third-order valence-corrected chi connectivity index (χ3v) is 7.56. The highest BCUT2D eigenvalue weighted by atomic mass is 16.5. The molecule has 0 radical (unpaired) electrons. The van der Waals surface area contributed by atoms with Crippen molar-refractivity contribution in [3.8, 4) is 5.75 Å². The highest BCUT2D eigenvalue weighted by Crippen LogP contribution is 2.79. The number of methoxy groups -OCH3 is 1. The second-order valence-corrected chi connectivity index (χ2v) is 9.10. The number of para-hydroxylation sites is 2. The van der Waals surface area contributed by atoms with E-state index in [1.807, 2.05) is 98.8 Å². The Kier molecular flexibility index (Phi) is 4.48. The zero-order chi connectivity index (χ0) is 24.4. The molecule has 1 saturated carbocycles. The maximum absolute atomic E-state index is 14.3. The average molecular weight is 465 g/mol. The van der Waals surface area contributed by atoms with Crippen LogP contribution in [0.25, 0.3) is 0 Å². The zero-order valence-electron chi connectivity index (χ0n) is 19.7. The summed E-state index contributed by atoms with van der Waals surface area (Å²) in [5.41, 5.74) is 1.15. The molecule has 7 nitrogen and oxygen atoms in total. The summed E-state index contributed by atoms with van der Waals surface area (Å²) in [7, 11) is 1.61. The number of hydrazone groups is 2. The Morgan fingerprint density at radius 2 is 1.11 bits per heavy atom. The molecule has 2 amide bonds. The number of ether oxygens (including phenoxy) is 1. The molecule has 2 heterocycles. The minimum atomic E-state index is -1.15. The normalized spacial score (nSPS) is 27.0. The van der Waals surface area contributed by atoms with Crippen molar-refractivity contribution in [2.75, 3.05) is 17.1 Å². The van der Waals surface area contributed by atoms with E-state index in [-0.39, 0.29) is 11.8 Å². The van der Waals surface area contributed by atoms with Gasteiger partial charge in [-0.1, -0.05) is 48.5 Å². The first-order valence-electron chi connectivity index (χ1n) is 11.5. The summed E-state index contributed by atoms with van der Waals surface area (Å²) in [5, 5.41) is 12.3. The fourth-order valence-electron chi connectivity index (χ4n) is 6.02. The number of anilines is 2. The van der Waals surface area contributed by atoms with Gasteiger partial charge >= 0.3 is 0 Å². The van der Waals surface area contributed by atoms with Gasteiger partial charge in [-0.3, -0.25) is 9.59 Å². The number of hydrogen-bond donors (Lipinski definition) is 0. The summed E-state index contributed by atoms with van der Waals surface area (Å²) < 4.78 is 5.34. The summed E-state index contributed by atoms with van der Waals surface area (Å²) in [6.45, 7) is 3.69. The summed E-state index contributed by atoms with van der Waals surface area (Å²) in [6.07, 6.45) is 0. The topological polar surface area (TPSA) is 74.6 Å². The molecule has 7 heteroatoms. The van der Waals surface area contributed by atoms with Crippen LogP contribution in [0.15, 0.2) is 95.1 Å². The molecule has 2 spiro atoms. The molecular formula is C28H24N4O3. The number of nitrogens with zero attached hydrogens (tertiary/aromatic N) is 4. The molecule has 2 aliphatic heterocycles. The first-order chi connectivity index (χ1) is 17.0. The van der Waals surface area contributed by atoms with Crippen LogP contribution < -0.4 is 14.8 Å². The van der Waals surface area contributed by atoms with E-state index in [0.29, 0.717) is 28.5 Å². The molecule has 0 aromatic heterocycles. The standard InChI is InChI=1S/C28H24N4O3/c1-18-27(25(33)31(29-18)21-10-6-4-7-11-21)24(20-14-16-23(35-3)17-15-20)28(27)19(2)30-32(26(28)34)22-12-8-5-9-13-22/h4-17,24H,1-3H3/t27-,28-/m0/s1. The van der Waals surface area contributed by atoms with Crippen LogP contribution >= 0.6 is 0 Å². The lowest BCUT2D eigenvalue weighted by Gasteiger charge is -2.18. The van der Waals surface area contributed by atoms with Crippen LogP contribution in [0, 0.1) is 10.8 Å². The van der Waals surface area contributed by atoms with Gasteiger partial charge in [0.25, 0.3) is 11.8 Å². The van der Waals surface area contributed by atoms with Gasteiger partial charge in [-0.2, -0.15) is 20.2 Å². The molecule has 6 rings (SSSR count). The number of fused-ring (bicyclic) bond motifs is 1. The minimum Gasteiger partial charge on any atom is -0.497 e. The van der Waals surface area contributed by atoms with Crippen LogP contribution in [0.2, 0.25) is 0 Å². The molecule has 35 heavy (non-hydrogen) atoms. The molecule has 0 saturated heterocycles. The molecule has 3 aromatic carbocycles. The Morgan fingerprint density at radius 3 is 1.51 bits per heavy atom. The first-order valence-corrected chi connectivity index (χ1v) is 11.5. The van der Waals surface area contributed by atoms with E-state index < -0.39 is 16.7 Å². The van der Waals surface area contributed by atoms with Crippen molar-refractivity contribution in [1.82, 2.24) is 0 Å². The van der Waals surface area contributed by atoms with Crippen molar-refractivity contribution in [1.29, 1.82) is 0 Å². The predicted molar refractivity (Wildman–Crippen MR) is 135 cm³/mol. The molecular weight excluding hydrogens is 440 g/mol. The SMILES string of the molecule is COc1ccc(C2[C@@]3(C(=O)N(c4ccccc4)N=C3C)[C@]23C(=O)N(c2ccccc2)N=C3C)cc1. The molecule has 1 aliphatic carbocycles. The van der Waals surface area contributed by atoms with Gasteiger partial charge in [0, 0.05) is 5.92 Å². The number of hydrogen-bond acceptors (Lipinski definition) is 5. The summed E-state index contributed by atoms with van der Waals surface area (Å²) in [4.78, 5) is 28.5. The van der Waals surface area contributed by atoms with Crippen LogP contribution in [0.4, 0.5) is 11.4 Å². The third kappa shape index (κ3) is 2.55. The third-order valence-electron chi connectivity index (χ3n) is 7.56. The highest BCUT2D eigenvalue weighted by Gasteiger charge is 2.91. The van der Waals surface area contributed by atoms with Gasteiger partial charge in [-0.15, -0.1) is 0 Å². The Morgan fingerprint density at radius 1 is 0.686 bits per heavy atom. The Bertz CT molecular complexity index is 1320. The molecule has 3 aliphatic rings. The first kappa shape index (κ1) is 21.3. The van der Waals surface area contributed by atoms with Gasteiger partial charge < -0.3 is 4.74 Å². The van der Waals surface area contributed by atoms with Crippen molar-refractivity contribution in [2.24, 2.45) is 21.0 Å². The number of carbonyl (C=O) groups is 2. The van der Waals surface area contributed by atoms with Gasteiger partial charge in [0.1, 0.15) is 16.6 Å². The molecule has 174 valence electrons. The van der Waals surface area contributed by atoms with E-state index >= 15 is 0 Å². The molecule has 2 atom stereocenters. The second kappa shape index (κ2) is 7.37. The van der Waals surface area contributed by atoms with E-state index in [1.54, 1.807) is 7.11 Å². The summed E-state index contributed by atoms with van der Waals surface area (Å²) in [6, 6.07) is 26.2. The molecule has 0 unspecified atom stereocenters. The zero-order valence-corrected chi connectivity index (χ0v) is 19.7. The predicted octanol–water partition coefficient (Wildman–Crippen LogP) is 4.61. The van der Waals surface area contributed by atoms with Crippen LogP contribution in [-0.2, 0) is 9.59 Å². The Hall–Kier alpha value is -4.26. The van der Waals surface area contributed by atoms with Gasteiger partial charge in [-0.05, 0) is 55.8 Å². The minimum absolute atomic E-state index is 0.208. The van der Waals surface area contributed by atoms with Crippen molar-refractivity contribution < 1.29 is 14.3 Å². The van der Waals surface area contributed by atoms with Crippen molar-refractivity contribution in [3.63, 3.8) is 0 Å². The largest absolute Gasteiger partial charge is 0.497 e. The number of benzene rings is 3. The number of carbonyl (C=O) groups excluding carboxylic acids is 2. The van der Waals surface area contributed by atoms with Gasteiger partial charge in [-0.25, -0.2) is 0 Å². The van der Waals surface area contributed by atoms with E-state index in [2.05, 4.69) is 0 Å². The monoisotopic (exact) mass is 464 g/mol. The van der Waals surface area contributed by atoms with Crippen LogP contribution in [0.3, 0.4) is 0 Å². The van der Waals surface area contributed by atoms with E-state index in [1.165, 1.54) is 10.0 Å². The molecule has 1 fully saturated rings. The maximum Gasteiger partial charge on any atom is 0.261 e. The maximum atomic E-state index is 14.3. The van der Waals surface area contributed by atoms with E-state index in [9.17, 15) is 9.59 Å². The smallest absolute Gasteiger partial charge is 0.261 e. The van der Waals surface area contributed by atoms with Crippen LogP contribution in [0.5, 0.6) is 5.75 Å². The second-order valence-electron chi connectivity index (χ2n) is 9.10. The molecule has 0 N–H and O–H groups in total.